The number of nitrogens with one attached hydrogen (secondary N) is 1. The zero-order valence-electron chi connectivity index (χ0n) is 9.03. The summed E-state index contributed by atoms with van der Waals surface area (Å²) in [6.45, 7) is 0. The summed E-state index contributed by atoms with van der Waals surface area (Å²) in [5.74, 6) is 0.832. The van der Waals surface area contributed by atoms with E-state index in [2.05, 4.69) is 15.1 Å². The molecule has 3 rings (SSSR count). The fraction of sp³-hybridized carbons (Fsp3) is 0.364. The minimum atomic E-state index is 0.741. The zero-order chi connectivity index (χ0) is 11.1. The topological polar surface area (TPSA) is 46.5 Å². The first-order valence-electron chi connectivity index (χ1n) is 5.35. The minimum Gasteiger partial charge on any atom is -0.343 e. The van der Waals surface area contributed by atoms with E-state index in [1.807, 2.05) is 13.2 Å². The Morgan fingerprint density at radius 3 is 3.06 bits per heavy atom. The van der Waals surface area contributed by atoms with Gasteiger partial charge in [0, 0.05) is 24.5 Å². The summed E-state index contributed by atoms with van der Waals surface area (Å²) >= 11 is 5.31. The molecule has 16 heavy (non-hydrogen) atoms. The predicted octanol–water partition coefficient (Wildman–Crippen LogP) is 2.03. The average Bonchev–Trinajstić information content (AvgIpc) is 2.85. The molecule has 5 heteroatoms. The van der Waals surface area contributed by atoms with Gasteiger partial charge >= 0.3 is 0 Å². The van der Waals surface area contributed by atoms with Gasteiger partial charge < -0.3 is 4.98 Å². The number of rotatable bonds is 1. The van der Waals surface area contributed by atoms with E-state index in [1.165, 1.54) is 17.7 Å². The molecule has 0 spiro atoms. The van der Waals surface area contributed by atoms with Crippen LogP contribution in [0.3, 0.4) is 0 Å². The van der Waals surface area contributed by atoms with E-state index < -0.39 is 0 Å². The molecule has 0 radical (unpaired) electrons. The van der Waals surface area contributed by atoms with E-state index in [9.17, 15) is 0 Å². The first-order chi connectivity index (χ1) is 7.74. The van der Waals surface area contributed by atoms with Gasteiger partial charge in [0.15, 0.2) is 0 Å². The molecule has 1 N–H and O–H groups in total. The zero-order valence-corrected chi connectivity index (χ0v) is 9.84. The van der Waals surface area contributed by atoms with Crippen molar-refractivity contribution in [3.63, 3.8) is 0 Å². The van der Waals surface area contributed by atoms with Gasteiger partial charge in [-0.05, 0) is 19.3 Å². The number of hydrogen-bond acceptors (Lipinski definition) is 3. The molecule has 0 atom stereocenters. The molecule has 1 aliphatic rings. The van der Waals surface area contributed by atoms with Crippen molar-refractivity contribution in [3.05, 3.63) is 28.3 Å². The maximum atomic E-state index is 5.31. The molecule has 4 nitrogen and oxygen atoms in total. The molecular weight excluding hydrogens is 220 g/mol. The van der Waals surface area contributed by atoms with Crippen LogP contribution < -0.4 is 0 Å². The van der Waals surface area contributed by atoms with Gasteiger partial charge in [-0.1, -0.05) is 12.2 Å². The van der Waals surface area contributed by atoms with Crippen molar-refractivity contribution < 1.29 is 0 Å². The molecule has 0 unspecified atom stereocenters. The lowest BCUT2D eigenvalue weighted by Gasteiger charge is -2.03. The van der Waals surface area contributed by atoms with Crippen molar-refractivity contribution >= 4 is 12.2 Å². The Morgan fingerprint density at radius 1 is 1.44 bits per heavy atom. The van der Waals surface area contributed by atoms with Crippen molar-refractivity contribution in [1.82, 2.24) is 19.7 Å². The van der Waals surface area contributed by atoms with Gasteiger partial charge in [0.05, 0.1) is 11.8 Å². The molecule has 2 aromatic rings. The Bertz CT molecular complexity index is 596. The second-order valence-electron chi connectivity index (χ2n) is 4.10. The van der Waals surface area contributed by atoms with Crippen LogP contribution in [-0.2, 0) is 19.9 Å². The van der Waals surface area contributed by atoms with Gasteiger partial charge in [0.25, 0.3) is 0 Å². The van der Waals surface area contributed by atoms with E-state index in [1.54, 1.807) is 10.9 Å². The van der Waals surface area contributed by atoms with E-state index in [0.29, 0.717) is 0 Å². The SMILES string of the molecule is Cn1cc(-c2nc(=S)c3c([nH]2)CCC3)cn1. The summed E-state index contributed by atoms with van der Waals surface area (Å²) in [4.78, 5) is 7.80. The van der Waals surface area contributed by atoms with Crippen molar-refractivity contribution in [1.29, 1.82) is 0 Å². The lowest BCUT2D eigenvalue weighted by Crippen LogP contribution is -1.96. The number of hydrogen-bond donors (Lipinski definition) is 1. The summed E-state index contributed by atoms with van der Waals surface area (Å²) in [7, 11) is 1.89. The number of H-pyrrole nitrogens is 1. The number of aromatic nitrogens is 4. The first-order valence-corrected chi connectivity index (χ1v) is 5.76. The average molecular weight is 232 g/mol. The molecule has 0 saturated heterocycles. The third-order valence-electron chi connectivity index (χ3n) is 2.94. The maximum Gasteiger partial charge on any atom is 0.142 e. The highest BCUT2D eigenvalue weighted by atomic mass is 32.1. The van der Waals surface area contributed by atoms with Crippen molar-refractivity contribution in [3.8, 4) is 11.4 Å². The largest absolute Gasteiger partial charge is 0.343 e. The fourth-order valence-corrected chi connectivity index (χ4v) is 2.45. The molecule has 2 aromatic heterocycles. The number of aromatic amines is 1. The van der Waals surface area contributed by atoms with Crippen LogP contribution in [0.4, 0.5) is 0 Å². The molecule has 0 saturated carbocycles. The minimum absolute atomic E-state index is 0.741. The summed E-state index contributed by atoms with van der Waals surface area (Å²) in [5, 5.41) is 4.14. The highest BCUT2D eigenvalue weighted by Crippen LogP contribution is 2.23. The molecule has 0 bridgehead atoms. The van der Waals surface area contributed by atoms with E-state index in [0.717, 1.165) is 28.9 Å². The lowest BCUT2D eigenvalue weighted by atomic mass is 10.2. The van der Waals surface area contributed by atoms with Gasteiger partial charge in [-0.3, -0.25) is 4.68 Å². The standard InChI is InChI=1S/C11H12N4S/c1-15-6-7(5-12-15)10-13-9-4-2-3-8(9)11(16)14-10/h5-6H,2-4H2,1H3,(H,13,14,16). The second kappa shape index (κ2) is 3.52. The smallest absolute Gasteiger partial charge is 0.142 e. The molecular formula is C11H12N4S. The summed E-state index contributed by atoms with van der Waals surface area (Å²) in [6.07, 6.45) is 7.05. The summed E-state index contributed by atoms with van der Waals surface area (Å²) < 4.78 is 2.51. The highest BCUT2D eigenvalue weighted by molar-refractivity contribution is 7.71. The van der Waals surface area contributed by atoms with Gasteiger partial charge in [-0.15, -0.1) is 0 Å². The Kier molecular flexibility index (Phi) is 2.14. The monoisotopic (exact) mass is 232 g/mol. The predicted molar refractivity (Wildman–Crippen MR) is 63.6 cm³/mol. The third-order valence-corrected chi connectivity index (χ3v) is 3.27. The van der Waals surface area contributed by atoms with Crippen molar-refractivity contribution in [2.45, 2.75) is 19.3 Å². The summed E-state index contributed by atoms with van der Waals surface area (Å²) in [5.41, 5.74) is 3.46. The molecule has 0 fully saturated rings. The quantitative estimate of drug-likeness (QED) is 0.765. The molecule has 2 heterocycles. The summed E-state index contributed by atoms with van der Waals surface area (Å²) in [6, 6.07) is 0. The van der Waals surface area contributed by atoms with Crippen molar-refractivity contribution in [2.24, 2.45) is 7.05 Å². The first kappa shape index (κ1) is 9.72. The third kappa shape index (κ3) is 1.48. The van der Waals surface area contributed by atoms with E-state index >= 15 is 0 Å². The Hall–Kier alpha value is -1.49. The molecule has 0 amide bonds. The van der Waals surface area contributed by atoms with Gasteiger partial charge in [0.2, 0.25) is 0 Å². The molecule has 1 aliphatic carbocycles. The van der Waals surface area contributed by atoms with Crippen LogP contribution in [0.15, 0.2) is 12.4 Å². The maximum absolute atomic E-state index is 5.31. The van der Waals surface area contributed by atoms with E-state index in [4.69, 9.17) is 12.2 Å². The van der Waals surface area contributed by atoms with Crippen LogP contribution in [0.25, 0.3) is 11.4 Å². The van der Waals surface area contributed by atoms with Gasteiger partial charge in [0.1, 0.15) is 10.5 Å². The normalized spacial score (nSPS) is 14.1. The molecule has 0 aliphatic heterocycles. The number of nitrogens with zero attached hydrogens (tertiary/aromatic N) is 3. The van der Waals surface area contributed by atoms with Crippen LogP contribution in [0, 0.1) is 4.64 Å². The van der Waals surface area contributed by atoms with Crippen LogP contribution in [0.2, 0.25) is 0 Å². The van der Waals surface area contributed by atoms with Crippen LogP contribution in [0.5, 0.6) is 0 Å². The highest BCUT2D eigenvalue weighted by Gasteiger charge is 2.15. The molecule has 0 aromatic carbocycles. The van der Waals surface area contributed by atoms with Crippen LogP contribution >= 0.6 is 12.2 Å². The van der Waals surface area contributed by atoms with Crippen molar-refractivity contribution in [2.75, 3.05) is 0 Å². The number of aryl methyl sites for hydroxylation is 2. The van der Waals surface area contributed by atoms with E-state index in [-0.39, 0.29) is 0 Å². The van der Waals surface area contributed by atoms with Gasteiger partial charge in [-0.25, -0.2) is 4.98 Å². The fourth-order valence-electron chi connectivity index (χ4n) is 2.14. The second-order valence-corrected chi connectivity index (χ2v) is 4.49. The Balaban J connectivity index is 2.16. The van der Waals surface area contributed by atoms with Crippen LogP contribution in [0.1, 0.15) is 17.7 Å². The lowest BCUT2D eigenvalue weighted by molar-refractivity contribution is 0.768. The molecule has 82 valence electrons. The van der Waals surface area contributed by atoms with Gasteiger partial charge in [-0.2, -0.15) is 5.10 Å². The number of fused-ring (bicyclic) bond motifs is 1. The van der Waals surface area contributed by atoms with Crippen LogP contribution in [-0.4, -0.2) is 19.7 Å². The Morgan fingerprint density at radius 2 is 2.31 bits per heavy atom. The Labute approximate surface area is 98.3 Å².